The summed E-state index contributed by atoms with van der Waals surface area (Å²) in [7, 11) is 0. The van der Waals surface area contributed by atoms with E-state index in [-0.39, 0.29) is 30.3 Å². The van der Waals surface area contributed by atoms with Crippen molar-refractivity contribution in [3.63, 3.8) is 0 Å². The molecule has 5 nitrogen and oxygen atoms in total. The van der Waals surface area contributed by atoms with Gasteiger partial charge in [-0.15, -0.1) is 0 Å². The number of fused-ring (bicyclic) bond motifs is 1. The van der Waals surface area contributed by atoms with Gasteiger partial charge in [0.25, 0.3) is 5.78 Å². The highest BCUT2D eigenvalue weighted by Gasteiger charge is 2.27. The van der Waals surface area contributed by atoms with Gasteiger partial charge >= 0.3 is 5.97 Å². The van der Waals surface area contributed by atoms with E-state index in [0.29, 0.717) is 6.61 Å². The molecule has 96 valence electrons. The van der Waals surface area contributed by atoms with Gasteiger partial charge in [0, 0.05) is 0 Å². The van der Waals surface area contributed by atoms with Crippen molar-refractivity contribution < 1.29 is 28.2 Å². The molecule has 0 radical (unpaired) electrons. The van der Waals surface area contributed by atoms with Crippen LogP contribution in [0.15, 0.2) is 12.1 Å². The van der Waals surface area contributed by atoms with E-state index in [0.717, 1.165) is 0 Å². The predicted molar refractivity (Wildman–Crippen MR) is 58.4 cm³/mol. The number of ether oxygens (including phenoxy) is 3. The van der Waals surface area contributed by atoms with Crippen LogP contribution < -0.4 is 9.47 Å². The molecule has 6 heteroatoms. The zero-order valence-electron chi connectivity index (χ0n) is 9.70. The number of ketones is 1. The van der Waals surface area contributed by atoms with Crippen molar-refractivity contribution in [3.8, 4) is 11.5 Å². The predicted octanol–water partition coefficient (Wildman–Crippen LogP) is 1.34. The van der Waals surface area contributed by atoms with Crippen LogP contribution in [0.5, 0.6) is 11.5 Å². The van der Waals surface area contributed by atoms with E-state index in [2.05, 4.69) is 4.74 Å². The molecule has 0 amide bonds. The van der Waals surface area contributed by atoms with Gasteiger partial charge in [0.2, 0.25) is 0 Å². The van der Waals surface area contributed by atoms with E-state index in [9.17, 15) is 14.0 Å². The van der Waals surface area contributed by atoms with E-state index in [1.54, 1.807) is 6.92 Å². The summed E-state index contributed by atoms with van der Waals surface area (Å²) in [6.45, 7) is 2.13. The first-order valence-corrected chi connectivity index (χ1v) is 5.44. The third-order valence-corrected chi connectivity index (χ3v) is 2.35. The second-order valence-corrected chi connectivity index (χ2v) is 3.50. The Bertz CT molecular complexity index is 497. The largest absolute Gasteiger partial charge is 0.486 e. The van der Waals surface area contributed by atoms with E-state index >= 15 is 0 Å². The lowest BCUT2D eigenvalue weighted by Crippen LogP contribution is -2.21. The smallest absolute Gasteiger partial charge is 0.379 e. The van der Waals surface area contributed by atoms with Gasteiger partial charge in [0.05, 0.1) is 12.2 Å². The number of hydrogen-bond donors (Lipinski definition) is 0. The summed E-state index contributed by atoms with van der Waals surface area (Å²) >= 11 is 0. The van der Waals surface area contributed by atoms with Crippen LogP contribution in [0, 0.1) is 5.82 Å². The molecule has 1 aromatic carbocycles. The van der Waals surface area contributed by atoms with E-state index < -0.39 is 17.6 Å². The van der Waals surface area contributed by atoms with Crippen molar-refractivity contribution in [1.82, 2.24) is 0 Å². The molecule has 0 unspecified atom stereocenters. The fraction of sp³-hybridized carbons (Fsp3) is 0.333. The molecule has 1 aliphatic heterocycles. The van der Waals surface area contributed by atoms with Crippen LogP contribution >= 0.6 is 0 Å². The highest BCUT2D eigenvalue weighted by molar-refractivity contribution is 6.40. The number of esters is 1. The van der Waals surface area contributed by atoms with E-state index in [1.807, 2.05) is 0 Å². The Kier molecular flexibility index (Phi) is 3.45. The lowest BCUT2D eigenvalue weighted by molar-refractivity contribution is -0.137. The molecular formula is C12H11FO5. The molecule has 0 aromatic heterocycles. The van der Waals surface area contributed by atoms with Crippen LogP contribution in [0.3, 0.4) is 0 Å². The van der Waals surface area contributed by atoms with Crippen molar-refractivity contribution in [3.05, 3.63) is 23.5 Å². The summed E-state index contributed by atoms with van der Waals surface area (Å²) in [5.74, 6) is -2.94. The molecular weight excluding hydrogens is 243 g/mol. The summed E-state index contributed by atoms with van der Waals surface area (Å²) in [5, 5.41) is 0. The summed E-state index contributed by atoms with van der Waals surface area (Å²) < 4.78 is 28.7. The second kappa shape index (κ2) is 5.03. The third-order valence-electron chi connectivity index (χ3n) is 2.35. The highest BCUT2D eigenvalue weighted by Crippen LogP contribution is 2.34. The number of rotatable bonds is 3. The molecule has 1 aliphatic rings. The number of hydrogen-bond acceptors (Lipinski definition) is 5. The third kappa shape index (κ3) is 2.13. The zero-order valence-corrected chi connectivity index (χ0v) is 9.70. The number of carbonyl (C=O) groups excluding carboxylic acids is 2. The van der Waals surface area contributed by atoms with Gasteiger partial charge in [-0.25, -0.2) is 9.18 Å². The molecule has 0 bridgehead atoms. The van der Waals surface area contributed by atoms with Gasteiger partial charge in [0.15, 0.2) is 17.3 Å². The maximum absolute atomic E-state index is 14.0. The molecule has 2 rings (SSSR count). The Labute approximate surface area is 102 Å². The lowest BCUT2D eigenvalue weighted by Gasteiger charge is -2.19. The molecule has 1 heterocycles. The minimum Gasteiger partial charge on any atom is -0.486 e. The summed E-state index contributed by atoms with van der Waals surface area (Å²) in [4.78, 5) is 22.9. The monoisotopic (exact) mass is 254 g/mol. The van der Waals surface area contributed by atoms with Crippen molar-refractivity contribution in [2.24, 2.45) is 0 Å². The van der Waals surface area contributed by atoms with Crippen LogP contribution in [-0.2, 0) is 9.53 Å². The van der Waals surface area contributed by atoms with Gasteiger partial charge in [-0.2, -0.15) is 0 Å². The van der Waals surface area contributed by atoms with Crippen LogP contribution in [0.25, 0.3) is 0 Å². The molecule has 0 aliphatic carbocycles. The van der Waals surface area contributed by atoms with Crippen LogP contribution in [-0.4, -0.2) is 31.6 Å². The Balaban J connectivity index is 2.35. The minimum atomic E-state index is -1.09. The Hall–Kier alpha value is -2.11. The second-order valence-electron chi connectivity index (χ2n) is 3.50. The first-order chi connectivity index (χ1) is 8.65. The van der Waals surface area contributed by atoms with E-state index in [4.69, 9.17) is 9.47 Å². The average Bonchev–Trinajstić information content (AvgIpc) is 2.39. The normalized spacial score (nSPS) is 13.0. The van der Waals surface area contributed by atoms with Gasteiger partial charge in [-0.1, -0.05) is 0 Å². The molecule has 0 fully saturated rings. The first kappa shape index (κ1) is 12.3. The SMILES string of the molecule is CCOC(=O)C(=O)c1ccc2c(c1F)OCCO2. The van der Waals surface area contributed by atoms with Gasteiger partial charge in [0.1, 0.15) is 13.2 Å². The number of benzene rings is 1. The van der Waals surface area contributed by atoms with Gasteiger partial charge < -0.3 is 14.2 Å². The average molecular weight is 254 g/mol. The van der Waals surface area contributed by atoms with Crippen molar-refractivity contribution in [2.45, 2.75) is 6.92 Å². The van der Waals surface area contributed by atoms with Crippen molar-refractivity contribution in [2.75, 3.05) is 19.8 Å². The highest BCUT2D eigenvalue weighted by atomic mass is 19.1. The van der Waals surface area contributed by atoms with Crippen LogP contribution in [0.2, 0.25) is 0 Å². The number of halogens is 1. The fourth-order valence-electron chi connectivity index (χ4n) is 1.56. The fourth-order valence-corrected chi connectivity index (χ4v) is 1.56. The quantitative estimate of drug-likeness (QED) is 0.463. The maximum Gasteiger partial charge on any atom is 0.379 e. The topological polar surface area (TPSA) is 61.8 Å². The van der Waals surface area contributed by atoms with Crippen molar-refractivity contribution >= 4 is 11.8 Å². The molecule has 0 spiro atoms. The lowest BCUT2D eigenvalue weighted by atomic mass is 10.1. The van der Waals surface area contributed by atoms with Crippen molar-refractivity contribution in [1.29, 1.82) is 0 Å². The Morgan fingerprint density at radius 1 is 1.33 bits per heavy atom. The Morgan fingerprint density at radius 2 is 2.06 bits per heavy atom. The Morgan fingerprint density at radius 3 is 2.78 bits per heavy atom. The molecule has 0 atom stereocenters. The van der Waals surface area contributed by atoms with Gasteiger partial charge in [-0.05, 0) is 19.1 Å². The van der Waals surface area contributed by atoms with Crippen LogP contribution in [0.1, 0.15) is 17.3 Å². The number of Topliss-reactive ketones (excluding diaryl/α,β-unsaturated/α-hetero) is 1. The molecule has 0 saturated carbocycles. The molecule has 0 saturated heterocycles. The zero-order chi connectivity index (χ0) is 13.1. The minimum absolute atomic E-state index is 0.0523. The first-order valence-electron chi connectivity index (χ1n) is 5.44. The standard InChI is InChI=1S/C12H11FO5/c1-2-16-12(15)10(14)7-3-4-8-11(9(7)13)18-6-5-17-8/h3-4H,2,5-6H2,1H3. The maximum atomic E-state index is 14.0. The molecule has 1 aromatic rings. The molecule has 18 heavy (non-hydrogen) atoms. The number of carbonyl (C=O) groups is 2. The van der Waals surface area contributed by atoms with Gasteiger partial charge in [-0.3, -0.25) is 4.79 Å². The van der Waals surface area contributed by atoms with Crippen LogP contribution in [0.4, 0.5) is 4.39 Å². The summed E-state index contributed by atoms with van der Waals surface area (Å²) in [6, 6.07) is 2.58. The summed E-state index contributed by atoms with van der Waals surface area (Å²) in [5.41, 5.74) is -0.377. The molecule has 0 N–H and O–H groups in total. The van der Waals surface area contributed by atoms with E-state index in [1.165, 1.54) is 12.1 Å². The summed E-state index contributed by atoms with van der Waals surface area (Å²) in [6.07, 6.45) is 0.